The summed E-state index contributed by atoms with van der Waals surface area (Å²) in [6.45, 7) is 1.18. The number of hydrogen-bond donors (Lipinski definition) is 1. The van der Waals surface area contributed by atoms with Crippen molar-refractivity contribution in [3.05, 3.63) is 68.9 Å². The maximum atomic E-state index is 11.4. The van der Waals surface area contributed by atoms with E-state index in [-0.39, 0.29) is 23.3 Å². The lowest BCUT2D eigenvalue weighted by Gasteiger charge is -2.33. The van der Waals surface area contributed by atoms with E-state index < -0.39 is 5.97 Å². The fourth-order valence-corrected chi connectivity index (χ4v) is 6.23. The normalized spacial score (nSPS) is 22.7. The molecule has 0 radical (unpaired) electrons. The lowest BCUT2D eigenvalue weighted by molar-refractivity contribution is 0.0122. The highest BCUT2D eigenvalue weighted by atomic mass is 35.5. The van der Waals surface area contributed by atoms with Gasteiger partial charge in [0.1, 0.15) is 17.5 Å². The van der Waals surface area contributed by atoms with E-state index in [0.717, 1.165) is 49.2 Å². The standard InChI is InChI=1S/C27H23Cl2N3O4/c28-21-2-1-3-22(29)24(21)25-20(26(36-31-25)14-4-5-14)13-35-23-10-18-9-16(23)12-32(18)17-6-7-19(27(33)34)15(8-17)11-30/h1-3,6-8,14,16,18,23H,4-5,9-10,12-13H2,(H,33,34)/t16-,18-,23+/m0/s1. The Labute approximate surface area is 218 Å². The van der Waals surface area contributed by atoms with Gasteiger partial charge in [-0.05, 0) is 56.0 Å². The molecular formula is C27H23Cl2N3O4. The molecule has 1 aromatic heterocycles. The van der Waals surface area contributed by atoms with E-state index in [4.69, 9.17) is 32.5 Å². The van der Waals surface area contributed by atoms with Gasteiger partial charge in [-0.15, -0.1) is 0 Å². The largest absolute Gasteiger partial charge is 0.478 e. The van der Waals surface area contributed by atoms with Crippen LogP contribution in [0.1, 0.15) is 58.8 Å². The lowest BCUT2D eigenvalue weighted by atomic mass is 10.0. The molecule has 1 N–H and O–H groups in total. The summed E-state index contributed by atoms with van der Waals surface area (Å²) in [4.78, 5) is 13.6. The number of piperidine rings is 1. The first-order chi connectivity index (χ1) is 17.4. The third-order valence-corrected chi connectivity index (χ3v) is 8.20. The van der Waals surface area contributed by atoms with Gasteiger partial charge in [0.15, 0.2) is 0 Å². The fourth-order valence-electron chi connectivity index (χ4n) is 5.66. The van der Waals surface area contributed by atoms with Gasteiger partial charge < -0.3 is 19.3 Å². The van der Waals surface area contributed by atoms with Gasteiger partial charge in [-0.1, -0.05) is 34.4 Å². The van der Waals surface area contributed by atoms with Crippen LogP contribution in [0.2, 0.25) is 10.0 Å². The van der Waals surface area contributed by atoms with Gasteiger partial charge in [0.25, 0.3) is 0 Å². The van der Waals surface area contributed by atoms with Crippen molar-refractivity contribution in [1.29, 1.82) is 5.26 Å². The zero-order chi connectivity index (χ0) is 25.0. The fraction of sp³-hybridized carbons (Fsp3) is 0.370. The number of fused-ring (bicyclic) bond motifs is 2. The third-order valence-electron chi connectivity index (χ3n) is 7.57. The number of carboxylic acids is 1. The molecule has 7 nitrogen and oxygen atoms in total. The van der Waals surface area contributed by atoms with Crippen LogP contribution >= 0.6 is 23.2 Å². The number of anilines is 1. The van der Waals surface area contributed by atoms with Gasteiger partial charge in [0.2, 0.25) is 0 Å². The van der Waals surface area contributed by atoms with E-state index in [9.17, 15) is 15.2 Å². The highest BCUT2D eigenvalue weighted by molar-refractivity contribution is 6.39. The summed E-state index contributed by atoms with van der Waals surface area (Å²) in [5.74, 6) is 0.487. The van der Waals surface area contributed by atoms with Gasteiger partial charge in [0.05, 0.1) is 33.9 Å². The SMILES string of the molecule is N#Cc1cc(N2C[C@@H]3C[C@H]2C[C@H]3OCc2c(-c3c(Cl)cccc3Cl)noc2C2CC2)ccc1C(=O)O. The van der Waals surface area contributed by atoms with Crippen molar-refractivity contribution in [2.24, 2.45) is 5.92 Å². The number of carbonyl (C=O) groups is 1. The summed E-state index contributed by atoms with van der Waals surface area (Å²) >= 11 is 13.0. The Morgan fingerprint density at radius 1 is 1.22 bits per heavy atom. The molecule has 3 atom stereocenters. The van der Waals surface area contributed by atoms with Crippen molar-refractivity contribution in [2.75, 3.05) is 11.4 Å². The van der Waals surface area contributed by atoms with E-state index in [1.165, 1.54) is 6.07 Å². The molecule has 3 aliphatic rings. The molecule has 6 rings (SSSR count). The van der Waals surface area contributed by atoms with Crippen molar-refractivity contribution in [3.63, 3.8) is 0 Å². The van der Waals surface area contributed by atoms with Gasteiger partial charge in [-0.25, -0.2) is 4.79 Å². The van der Waals surface area contributed by atoms with E-state index >= 15 is 0 Å². The molecule has 0 spiro atoms. The molecule has 1 saturated heterocycles. The Morgan fingerprint density at radius 3 is 2.64 bits per heavy atom. The number of nitriles is 1. The summed E-state index contributed by atoms with van der Waals surface area (Å²) in [7, 11) is 0. The van der Waals surface area contributed by atoms with Crippen LogP contribution in [0, 0.1) is 17.2 Å². The second-order valence-electron chi connectivity index (χ2n) is 9.78. The maximum absolute atomic E-state index is 11.4. The number of rotatable bonds is 7. The summed E-state index contributed by atoms with van der Waals surface area (Å²) in [5, 5.41) is 24.1. The molecule has 2 aromatic carbocycles. The number of aromatic nitrogens is 1. The first-order valence-electron chi connectivity index (χ1n) is 12.0. The highest BCUT2D eigenvalue weighted by Crippen LogP contribution is 2.47. The Balaban J connectivity index is 1.19. The molecule has 2 aliphatic carbocycles. The van der Waals surface area contributed by atoms with Crippen LogP contribution in [0.5, 0.6) is 0 Å². The molecule has 9 heteroatoms. The van der Waals surface area contributed by atoms with Crippen LogP contribution in [0.15, 0.2) is 40.9 Å². The molecule has 0 unspecified atom stereocenters. The minimum absolute atomic E-state index is 0.0291. The molecule has 0 amide bonds. The second kappa shape index (κ2) is 9.11. The molecular weight excluding hydrogens is 501 g/mol. The van der Waals surface area contributed by atoms with E-state index in [2.05, 4.69) is 10.1 Å². The Morgan fingerprint density at radius 2 is 2.00 bits per heavy atom. The summed E-state index contributed by atoms with van der Waals surface area (Å²) in [6.07, 6.45) is 4.10. The van der Waals surface area contributed by atoms with Gasteiger partial charge in [-0.2, -0.15) is 5.26 Å². The Kier molecular flexibility index (Phi) is 5.91. The Hall–Kier alpha value is -3.05. The maximum Gasteiger partial charge on any atom is 0.337 e. The highest BCUT2D eigenvalue weighted by Gasteiger charge is 2.46. The minimum Gasteiger partial charge on any atom is -0.478 e. The smallest absolute Gasteiger partial charge is 0.337 e. The van der Waals surface area contributed by atoms with Crippen molar-refractivity contribution in [2.45, 2.75) is 50.4 Å². The number of halogens is 2. The first kappa shape index (κ1) is 23.4. The second-order valence-corrected chi connectivity index (χ2v) is 10.6. The number of carboxylic acid groups (broad SMARTS) is 1. The molecule has 36 heavy (non-hydrogen) atoms. The van der Waals surface area contributed by atoms with Crippen molar-refractivity contribution in [1.82, 2.24) is 5.16 Å². The van der Waals surface area contributed by atoms with Gasteiger partial charge in [-0.3, -0.25) is 0 Å². The summed E-state index contributed by atoms with van der Waals surface area (Å²) in [6, 6.07) is 12.7. The topological polar surface area (TPSA) is 99.6 Å². The number of ether oxygens (including phenoxy) is 1. The quantitative estimate of drug-likeness (QED) is 0.388. The molecule has 1 aliphatic heterocycles. The average molecular weight is 524 g/mol. The molecule has 2 saturated carbocycles. The van der Waals surface area contributed by atoms with Crippen molar-refractivity contribution >= 4 is 34.9 Å². The van der Waals surface area contributed by atoms with Crippen molar-refractivity contribution < 1.29 is 19.2 Å². The number of benzene rings is 2. The number of nitrogens with zero attached hydrogens (tertiary/aromatic N) is 3. The van der Waals surface area contributed by atoms with Crippen LogP contribution < -0.4 is 4.90 Å². The predicted octanol–water partition coefficient (Wildman–Crippen LogP) is 6.28. The van der Waals surface area contributed by atoms with E-state index in [1.54, 1.807) is 24.3 Å². The monoisotopic (exact) mass is 523 g/mol. The molecule has 3 aromatic rings. The molecule has 2 bridgehead atoms. The summed E-state index contributed by atoms with van der Waals surface area (Å²) in [5.41, 5.74) is 3.35. The number of hydrogen-bond acceptors (Lipinski definition) is 6. The lowest BCUT2D eigenvalue weighted by Crippen LogP contribution is -2.38. The van der Waals surface area contributed by atoms with Crippen LogP contribution in [0.4, 0.5) is 5.69 Å². The Bertz CT molecular complexity index is 1370. The van der Waals surface area contributed by atoms with E-state index in [1.807, 2.05) is 12.1 Å². The minimum atomic E-state index is -1.09. The van der Waals surface area contributed by atoms with Crippen LogP contribution in [0.3, 0.4) is 0 Å². The molecule has 2 heterocycles. The molecule has 184 valence electrons. The van der Waals surface area contributed by atoms with E-state index in [0.29, 0.717) is 39.7 Å². The average Bonchev–Trinajstić information content (AvgIpc) is 3.32. The zero-order valence-corrected chi connectivity index (χ0v) is 20.8. The van der Waals surface area contributed by atoms with Crippen molar-refractivity contribution in [3.8, 4) is 17.3 Å². The van der Waals surface area contributed by atoms with Crippen LogP contribution in [0.25, 0.3) is 11.3 Å². The zero-order valence-electron chi connectivity index (χ0n) is 19.3. The summed E-state index contributed by atoms with van der Waals surface area (Å²) < 4.78 is 12.2. The molecule has 3 fully saturated rings. The number of aromatic carboxylic acids is 1. The van der Waals surface area contributed by atoms with Gasteiger partial charge in [0, 0.05) is 41.2 Å². The van der Waals surface area contributed by atoms with Crippen LogP contribution in [-0.2, 0) is 11.3 Å². The van der Waals surface area contributed by atoms with Gasteiger partial charge >= 0.3 is 5.97 Å². The first-order valence-corrected chi connectivity index (χ1v) is 12.8. The van der Waals surface area contributed by atoms with Crippen LogP contribution in [-0.4, -0.2) is 34.9 Å². The third kappa shape index (κ3) is 4.03. The predicted molar refractivity (Wildman–Crippen MR) is 134 cm³/mol.